The van der Waals surface area contributed by atoms with Crippen molar-refractivity contribution in [3.63, 3.8) is 0 Å². The lowest BCUT2D eigenvalue weighted by Gasteiger charge is -2.04. The standard InChI is InChI=1S/C15H16O6/c16-14(20-10-12-4-2-8-18-12)6-1-7-15(17)21-11-13-5-3-9-19-13/h2-5,8-9H,1,6-7,10-11H2. The first-order valence-electron chi connectivity index (χ1n) is 6.60. The van der Waals surface area contributed by atoms with Crippen LogP contribution in [0.1, 0.15) is 30.8 Å². The number of carbonyl (C=O) groups is 2. The molecule has 0 aliphatic heterocycles. The molecule has 0 atom stereocenters. The summed E-state index contributed by atoms with van der Waals surface area (Å²) in [5.74, 6) is 0.429. The average Bonchev–Trinajstić information content (AvgIpc) is 3.16. The minimum absolute atomic E-state index is 0.106. The Morgan fingerprint density at radius 3 is 1.71 bits per heavy atom. The van der Waals surface area contributed by atoms with Crippen molar-refractivity contribution in [1.82, 2.24) is 0 Å². The molecule has 0 aliphatic carbocycles. The Hall–Kier alpha value is -2.50. The third-order valence-corrected chi connectivity index (χ3v) is 2.67. The van der Waals surface area contributed by atoms with Crippen molar-refractivity contribution >= 4 is 11.9 Å². The molecule has 0 bridgehead atoms. The molecule has 6 nitrogen and oxygen atoms in total. The topological polar surface area (TPSA) is 78.9 Å². The van der Waals surface area contributed by atoms with E-state index in [-0.39, 0.29) is 38.0 Å². The predicted molar refractivity (Wildman–Crippen MR) is 70.9 cm³/mol. The zero-order valence-corrected chi connectivity index (χ0v) is 11.4. The number of esters is 2. The van der Waals surface area contributed by atoms with Gasteiger partial charge < -0.3 is 18.3 Å². The van der Waals surface area contributed by atoms with Crippen molar-refractivity contribution in [2.75, 3.05) is 0 Å². The van der Waals surface area contributed by atoms with Gasteiger partial charge in [-0.05, 0) is 30.7 Å². The Kier molecular flexibility index (Phi) is 5.63. The predicted octanol–water partition coefficient (Wildman–Crippen LogP) is 2.83. The molecular weight excluding hydrogens is 276 g/mol. The van der Waals surface area contributed by atoms with Gasteiger partial charge in [0.25, 0.3) is 0 Å². The van der Waals surface area contributed by atoms with Gasteiger partial charge in [0.15, 0.2) is 0 Å². The van der Waals surface area contributed by atoms with Crippen LogP contribution in [0.5, 0.6) is 0 Å². The summed E-state index contributed by atoms with van der Waals surface area (Å²) in [6, 6.07) is 6.88. The Labute approximate surface area is 121 Å². The summed E-state index contributed by atoms with van der Waals surface area (Å²) in [5.41, 5.74) is 0. The zero-order chi connectivity index (χ0) is 14.9. The number of furan rings is 2. The first kappa shape index (κ1) is 14.9. The highest BCUT2D eigenvalue weighted by Crippen LogP contribution is 2.07. The van der Waals surface area contributed by atoms with Gasteiger partial charge in [-0.15, -0.1) is 0 Å². The lowest BCUT2D eigenvalue weighted by Crippen LogP contribution is -2.07. The summed E-state index contributed by atoms with van der Waals surface area (Å²) >= 11 is 0. The summed E-state index contributed by atoms with van der Waals surface area (Å²) in [4.78, 5) is 22.9. The minimum Gasteiger partial charge on any atom is -0.466 e. The van der Waals surface area contributed by atoms with Gasteiger partial charge in [0.1, 0.15) is 24.7 Å². The largest absolute Gasteiger partial charge is 0.466 e. The van der Waals surface area contributed by atoms with Crippen LogP contribution < -0.4 is 0 Å². The van der Waals surface area contributed by atoms with E-state index in [0.717, 1.165) is 0 Å². The van der Waals surface area contributed by atoms with Gasteiger partial charge in [-0.3, -0.25) is 9.59 Å². The maximum atomic E-state index is 11.4. The van der Waals surface area contributed by atoms with Crippen molar-refractivity contribution in [2.45, 2.75) is 32.5 Å². The van der Waals surface area contributed by atoms with Gasteiger partial charge in [-0.2, -0.15) is 0 Å². The van der Waals surface area contributed by atoms with Crippen molar-refractivity contribution in [2.24, 2.45) is 0 Å². The van der Waals surface area contributed by atoms with Crippen LogP contribution in [-0.2, 0) is 32.3 Å². The molecular formula is C15H16O6. The van der Waals surface area contributed by atoms with Crippen LogP contribution in [0.15, 0.2) is 45.6 Å². The first-order valence-corrected chi connectivity index (χ1v) is 6.60. The summed E-state index contributed by atoms with van der Waals surface area (Å²) in [5, 5.41) is 0. The highest BCUT2D eigenvalue weighted by atomic mass is 16.5. The molecule has 0 saturated carbocycles. The molecule has 21 heavy (non-hydrogen) atoms. The number of ether oxygens (including phenoxy) is 2. The average molecular weight is 292 g/mol. The quantitative estimate of drug-likeness (QED) is 0.696. The fraction of sp³-hybridized carbons (Fsp3) is 0.333. The molecule has 112 valence electrons. The van der Waals surface area contributed by atoms with Gasteiger partial charge in [0.05, 0.1) is 12.5 Å². The van der Waals surface area contributed by atoms with Crippen LogP contribution in [0.25, 0.3) is 0 Å². The summed E-state index contributed by atoms with van der Waals surface area (Å²) in [6.45, 7) is 0.212. The Morgan fingerprint density at radius 2 is 1.33 bits per heavy atom. The van der Waals surface area contributed by atoms with E-state index in [1.165, 1.54) is 12.5 Å². The van der Waals surface area contributed by atoms with E-state index >= 15 is 0 Å². The Bertz CT molecular complexity index is 490. The molecule has 0 aliphatic rings. The number of rotatable bonds is 8. The second kappa shape index (κ2) is 7.94. The van der Waals surface area contributed by atoms with Gasteiger partial charge >= 0.3 is 11.9 Å². The third-order valence-electron chi connectivity index (χ3n) is 2.67. The van der Waals surface area contributed by atoms with Crippen molar-refractivity contribution in [1.29, 1.82) is 0 Å². The van der Waals surface area contributed by atoms with Crippen LogP contribution in [0.4, 0.5) is 0 Å². The van der Waals surface area contributed by atoms with E-state index in [0.29, 0.717) is 17.9 Å². The first-order chi connectivity index (χ1) is 10.2. The molecule has 2 aromatic rings. The van der Waals surface area contributed by atoms with Gasteiger partial charge in [0, 0.05) is 12.8 Å². The van der Waals surface area contributed by atoms with Crippen LogP contribution in [0.2, 0.25) is 0 Å². The number of hydrogen-bond donors (Lipinski definition) is 0. The minimum atomic E-state index is -0.370. The van der Waals surface area contributed by atoms with Gasteiger partial charge in [-0.25, -0.2) is 0 Å². The molecule has 2 rings (SSSR count). The van der Waals surface area contributed by atoms with Crippen molar-refractivity contribution in [3.8, 4) is 0 Å². The molecule has 0 radical (unpaired) electrons. The van der Waals surface area contributed by atoms with Crippen LogP contribution in [0, 0.1) is 0 Å². The third kappa shape index (κ3) is 5.56. The van der Waals surface area contributed by atoms with E-state index in [9.17, 15) is 9.59 Å². The Morgan fingerprint density at radius 1 is 0.857 bits per heavy atom. The lowest BCUT2D eigenvalue weighted by atomic mass is 10.2. The highest BCUT2D eigenvalue weighted by Gasteiger charge is 2.09. The highest BCUT2D eigenvalue weighted by molar-refractivity contribution is 5.72. The molecule has 0 spiro atoms. The number of carbonyl (C=O) groups excluding carboxylic acids is 2. The Balaban J connectivity index is 1.53. The number of hydrogen-bond acceptors (Lipinski definition) is 6. The van der Waals surface area contributed by atoms with E-state index < -0.39 is 0 Å². The van der Waals surface area contributed by atoms with Crippen LogP contribution in [-0.4, -0.2) is 11.9 Å². The van der Waals surface area contributed by atoms with Crippen LogP contribution >= 0.6 is 0 Å². The molecule has 2 heterocycles. The molecule has 0 amide bonds. The summed E-state index contributed by atoms with van der Waals surface area (Å²) < 4.78 is 20.0. The molecule has 0 fully saturated rings. The monoisotopic (exact) mass is 292 g/mol. The van der Waals surface area contributed by atoms with Crippen molar-refractivity contribution in [3.05, 3.63) is 48.3 Å². The smallest absolute Gasteiger partial charge is 0.306 e. The molecule has 2 aromatic heterocycles. The van der Waals surface area contributed by atoms with Crippen molar-refractivity contribution < 1.29 is 27.9 Å². The van der Waals surface area contributed by atoms with Crippen LogP contribution in [0.3, 0.4) is 0 Å². The van der Waals surface area contributed by atoms with E-state index in [1.54, 1.807) is 24.3 Å². The van der Waals surface area contributed by atoms with Gasteiger partial charge in [-0.1, -0.05) is 0 Å². The molecule has 0 unspecified atom stereocenters. The van der Waals surface area contributed by atoms with E-state index in [2.05, 4.69) is 0 Å². The fourth-order valence-corrected chi connectivity index (χ4v) is 1.61. The molecule has 6 heteroatoms. The molecule has 0 aromatic carbocycles. The second-order valence-electron chi connectivity index (χ2n) is 4.33. The normalized spacial score (nSPS) is 10.3. The SMILES string of the molecule is O=C(CCCC(=O)OCc1ccco1)OCc1ccco1. The lowest BCUT2D eigenvalue weighted by molar-refractivity contribution is -0.147. The maximum absolute atomic E-state index is 11.4. The summed E-state index contributed by atoms with van der Waals surface area (Å²) in [7, 11) is 0. The zero-order valence-electron chi connectivity index (χ0n) is 11.4. The molecule has 0 N–H and O–H groups in total. The molecule has 0 saturated heterocycles. The second-order valence-corrected chi connectivity index (χ2v) is 4.33. The fourth-order valence-electron chi connectivity index (χ4n) is 1.61. The van der Waals surface area contributed by atoms with Gasteiger partial charge in [0.2, 0.25) is 0 Å². The van der Waals surface area contributed by atoms with E-state index in [1.807, 2.05) is 0 Å². The summed E-state index contributed by atoms with van der Waals surface area (Å²) in [6.07, 6.45) is 3.73. The van der Waals surface area contributed by atoms with E-state index in [4.69, 9.17) is 18.3 Å². The maximum Gasteiger partial charge on any atom is 0.306 e.